The minimum Gasteiger partial charge on any atom is -0.351 e. The van der Waals surface area contributed by atoms with E-state index in [1.165, 1.54) is 29.7 Å². The van der Waals surface area contributed by atoms with Crippen LogP contribution in [-0.2, 0) is 17.8 Å². The number of aryl methyl sites for hydroxylation is 1. The Morgan fingerprint density at radius 3 is 2.48 bits per heavy atom. The Balaban J connectivity index is 1.52. The maximum atomic E-state index is 13.8. The van der Waals surface area contributed by atoms with Crippen LogP contribution in [0.3, 0.4) is 0 Å². The minimum atomic E-state index is -0.666. The van der Waals surface area contributed by atoms with E-state index in [-0.39, 0.29) is 17.9 Å². The number of aromatic nitrogens is 1. The first-order chi connectivity index (χ1) is 16.2. The third-order valence-electron chi connectivity index (χ3n) is 6.97. The van der Waals surface area contributed by atoms with Crippen LogP contribution >= 0.6 is 11.3 Å². The number of hydrogen-bond acceptors (Lipinski definition) is 3. The number of thiophene rings is 1. The third-order valence-corrected chi connectivity index (χ3v) is 7.86. The van der Waals surface area contributed by atoms with Gasteiger partial charge in [-0.15, -0.1) is 11.3 Å². The Morgan fingerprint density at radius 2 is 1.76 bits per heavy atom. The molecule has 1 aliphatic carbocycles. The lowest BCUT2D eigenvalue weighted by atomic mass is 10.0. The number of nitrogens with one attached hydrogen (secondary N) is 1. The number of carbonyl (C=O) groups excluding carboxylic acids is 2. The molecule has 2 amide bonds. The molecule has 0 saturated heterocycles. The number of nitrogens with zero attached hydrogens (tertiary/aromatic N) is 2. The van der Waals surface area contributed by atoms with Crippen molar-refractivity contribution in [1.29, 1.82) is 0 Å². The molecule has 0 spiro atoms. The van der Waals surface area contributed by atoms with Gasteiger partial charge in [0.05, 0.1) is 11.4 Å². The summed E-state index contributed by atoms with van der Waals surface area (Å²) in [5.41, 5.74) is 4.00. The van der Waals surface area contributed by atoms with E-state index in [2.05, 4.69) is 36.5 Å². The van der Waals surface area contributed by atoms with Crippen molar-refractivity contribution in [2.75, 3.05) is 0 Å². The van der Waals surface area contributed by atoms with Crippen molar-refractivity contribution >= 4 is 23.2 Å². The van der Waals surface area contributed by atoms with Crippen LogP contribution in [0.2, 0.25) is 0 Å². The molecule has 2 aromatic heterocycles. The van der Waals surface area contributed by atoms with E-state index in [9.17, 15) is 9.59 Å². The molecule has 172 valence electrons. The molecule has 2 aliphatic rings. The molecule has 6 heteroatoms. The molecule has 1 N–H and O–H groups in total. The summed E-state index contributed by atoms with van der Waals surface area (Å²) in [5, 5.41) is 5.27. The number of benzene rings is 1. The van der Waals surface area contributed by atoms with Crippen LogP contribution < -0.4 is 5.32 Å². The Hall–Kier alpha value is -2.86. The molecule has 1 aliphatic heterocycles. The number of carbonyl (C=O) groups is 2. The number of fused-ring (bicyclic) bond motifs is 3. The molecule has 33 heavy (non-hydrogen) atoms. The Bertz CT molecular complexity index is 1120. The van der Waals surface area contributed by atoms with Crippen molar-refractivity contribution in [1.82, 2.24) is 14.8 Å². The van der Waals surface area contributed by atoms with Crippen LogP contribution in [0.4, 0.5) is 0 Å². The summed E-state index contributed by atoms with van der Waals surface area (Å²) in [5.74, 6) is -0.153. The fourth-order valence-electron chi connectivity index (χ4n) is 5.12. The smallest absolute Gasteiger partial charge is 0.267 e. The van der Waals surface area contributed by atoms with Gasteiger partial charge < -0.3 is 14.8 Å². The number of hydrogen-bond donors (Lipinski definition) is 1. The molecule has 1 aromatic carbocycles. The normalized spacial score (nSPS) is 18.9. The van der Waals surface area contributed by atoms with Crippen molar-refractivity contribution in [3.8, 4) is 5.69 Å². The van der Waals surface area contributed by atoms with Gasteiger partial charge in [0.2, 0.25) is 5.91 Å². The van der Waals surface area contributed by atoms with E-state index in [1.807, 2.05) is 34.3 Å². The van der Waals surface area contributed by atoms with Gasteiger partial charge >= 0.3 is 0 Å². The Kier molecular flexibility index (Phi) is 6.36. The monoisotopic (exact) mass is 461 g/mol. The molecule has 5 nitrogen and oxygen atoms in total. The summed E-state index contributed by atoms with van der Waals surface area (Å²) in [6.45, 7) is 2.53. The lowest BCUT2D eigenvalue weighted by Gasteiger charge is -2.31. The van der Waals surface area contributed by atoms with Gasteiger partial charge in [-0.25, -0.2) is 0 Å². The van der Waals surface area contributed by atoms with E-state index in [1.54, 1.807) is 4.90 Å². The highest BCUT2D eigenvalue weighted by Crippen LogP contribution is 2.36. The van der Waals surface area contributed by atoms with Crippen molar-refractivity contribution < 1.29 is 9.59 Å². The lowest BCUT2D eigenvalue weighted by molar-refractivity contribution is -0.127. The largest absolute Gasteiger partial charge is 0.351 e. The zero-order valence-electron chi connectivity index (χ0n) is 19.1. The fourth-order valence-corrected chi connectivity index (χ4v) is 5.95. The quantitative estimate of drug-likeness (QED) is 0.500. The topological polar surface area (TPSA) is 54.3 Å². The van der Waals surface area contributed by atoms with Crippen molar-refractivity contribution in [2.45, 2.75) is 70.5 Å². The zero-order valence-corrected chi connectivity index (χ0v) is 19.9. The van der Waals surface area contributed by atoms with E-state index in [0.717, 1.165) is 49.0 Å². The summed E-state index contributed by atoms with van der Waals surface area (Å²) >= 11 is 1.44. The average Bonchev–Trinajstić information content (AvgIpc) is 3.41. The van der Waals surface area contributed by atoms with E-state index in [4.69, 9.17) is 0 Å². The van der Waals surface area contributed by atoms with E-state index in [0.29, 0.717) is 11.4 Å². The van der Waals surface area contributed by atoms with E-state index < -0.39 is 6.04 Å². The van der Waals surface area contributed by atoms with Crippen LogP contribution in [-0.4, -0.2) is 27.3 Å². The fraction of sp³-hybridized carbons (Fsp3) is 0.407. The van der Waals surface area contributed by atoms with Gasteiger partial charge in [-0.05, 0) is 54.0 Å². The van der Waals surface area contributed by atoms with Crippen LogP contribution in [0.1, 0.15) is 78.0 Å². The van der Waals surface area contributed by atoms with Crippen molar-refractivity contribution in [3.05, 3.63) is 75.7 Å². The van der Waals surface area contributed by atoms with Crippen molar-refractivity contribution in [2.24, 2.45) is 0 Å². The van der Waals surface area contributed by atoms with Gasteiger partial charge in [0, 0.05) is 18.8 Å². The summed E-state index contributed by atoms with van der Waals surface area (Å²) < 4.78 is 2.02. The predicted octanol–water partition coefficient (Wildman–Crippen LogP) is 5.64. The van der Waals surface area contributed by atoms with Gasteiger partial charge in [-0.3, -0.25) is 9.59 Å². The first-order valence-corrected chi connectivity index (χ1v) is 13.0. The van der Waals surface area contributed by atoms with Crippen molar-refractivity contribution in [3.63, 3.8) is 0 Å². The van der Waals surface area contributed by atoms with Gasteiger partial charge in [-0.2, -0.15) is 0 Å². The maximum absolute atomic E-state index is 13.8. The molecule has 1 fully saturated rings. The highest BCUT2D eigenvalue weighted by Gasteiger charge is 2.39. The molecule has 3 aromatic rings. The summed E-state index contributed by atoms with van der Waals surface area (Å²) in [4.78, 5) is 30.0. The van der Waals surface area contributed by atoms with Crippen LogP contribution in [0, 0.1) is 0 Å². The summed E-state index contributed by atoms with van der Waals surface area (Å²) in [7, 11) is 0. The van der Waals surface area contributed by atoms with E-state index >= 15 is 0 Å². The van der Waals surface area contributed by atoms with Gasteiger partial charge in [-0.1, -0.05) is 56.9 Å². The molecule has 5 rings (SSSR count). The first kappa shape index (κ1) is 22.0. The molecule has 3 heterocycles. The second-order valence-electron chi connectivity index (χ2n) is 9.14. The molecule has 1 atom stereocenters. The SMILES string of the molecule is CCc1ccc(CN2C(=O)c3sccc3-n3cccc3C2C(=O)NC2CCCCCC2)cc1. The lowest BCUT2D eigenvalue weighted by Crippen LogP contribution is -2.46. The molecular weight excluding hydrogens is 430 g/mol. The zero-order chi connectivity index (χ0) is 22.8. The molecular formula is C27H31N3O2S. The Labute approximate surface area is 199 Å². The maximum Gasteiger partial charge on any atom is 0.267 e. The number of rotatable bonds is 5. The standard InChI is InChI=1S/C27H31N3O2S/c1-2-19-11-13-20(14-12-19)18-30-24(26(31)28-21-8-5-3-4-6-9-21)22-10-7-16-29(22)23-15-17-33-25(23)27(30)32/h7,10-17,21,24H,2-6,8-9,18H2,1H3,(H,28,31). The van der Waals surface area contributed by atoms with Gasteiger partial charge in [0.1, 0.15) is 4.88 Å². The second kappa shape index (κ2) is 9.56. The highest BCUT2D eigenvalue weighted by molar-refractivity contribution is 7.12. The molecule has 0 bridgehead atoms. The second-order valence-corrected chi connectivity index (χ2v) is 10.1. The van der Waals surface area contributed by atoms with Crippen LogP contribution in [0.25, 0.3) is 5.69 Å². The number of amides is 2. The molecule has 0 radical (unpaired) electrons. The van der Waals surface area contributed by atoms with Gasteiger partial charge in [0.15, 0.2) is 6.04 Å². The summed E-state index contributed by atoms with van der Waals surface area (Å²) in [6, 6.07) is 13.8. The van der Waals surface area contributed by atoms with Crippen LogP contribution in [0.15, 0.2) is 54.0 Å². The minimum absolute atomic E-state index is 0.0736. The first-order valence-electron chi connectivity index (χ1n) is 12.1. The average molecular weight is 462 g/mol. The van der Waals surface area contributed by atoms with Crippen LogP contribution in [0.5, 0.6) is 0 Å². The summed E-state index contributed by atoms with van der Waals surface area (Å²) in [6.07, 6.45) is 9.72. The molecule has 1 saturated carbocycles. The predicted molar refractivity (Wildman–Crippen MR) is 132 cm³/mol. The third kappa shape index (κ3) is 4.36. The Morgan fingerprint density at radius 1 is 1.03 bits per heavy atom. The molecule has 1 unspecified atom stereocenters. The highest BCUT2D eigenvalue weighted by atomic mass is 32.1. The van der Waals surface area contributed by atoms with Gasteiger partial charge in [0.25, 0.3) is 5.91 Å².